The Balaban J connectivity index is 2.03. The minimum absolute atomic E-state index is 0.791. The van der Waals surface area contributed by atoms with Gasteiger partial charge < -0.3 is 0 Å². The molecule has 1 aromatic rings. The summed E-state index contributed by atoms with van der Waals surface area (Å²) < 4.78 is 0. The maximum absolute atomic E-state index is 4.39. The number of allylic oxidation sites excluding steroid dienone is 2. The Hall–Kier alpha value is -0.760. The smallest absolute Gasteiger partial charge is 0.100 e. The fourth-order valence-corrected chi connectivity index (χ4v) is 2.82. The topological polar surface area (TPSA) is 12.9 Å². The third-order valence-corrected chi connectivity index (χ3v) is 4.14. The molecule has 16 heavy (non-hydrogen) atoms. The highest BCUT2D eigenvalue weighted by atomic mass is 32.2. The number of pyridine rings is 1. The second kappa shape index (κ2) is 5.53. The predicted molar refractivity (Wildman–Crippen MR) is 70.4 cm³/mol. The van der Waals surface area contributed by atoms with Crippen LogP contribution in [0.5, 0.6) is 0 Å². The van der Waals surface area contributed by atoms with Crippen molar-refractivity contribution >= 4 is 11.8 Å². The summed E-state index contributed by atoms with van der Waals surface area (Å²) in [6, 6.07) is 6.14. The van der Waals surface area contributed by atoms with Crippen molar-refractivity contribution in [2.45, 2.75) is 44.6 Å². The Morgan fingerprint density at radius 3 is 2.81 bits per heavy atom. The molecular weight excluding hydrogens is 214 g/mol. The quantitative estimate of drug-likeness (QED) is 0.686. The Morgan fingerprint density at radius 1 is 1.44 bits per heavy atom. The third-order valence-electron chi connectivity index (χ3n) is 2.99. The van der Waals surface area contributed by atoms with E-state index in [0.717, 1.165) is 10.9 Å². The molecule has 1 aliphatic rings. The van der Waals surface area contributed by atoms with Crippen LogP contribution in [-0.2, 0) is 0 Å². The van der Waals surface area contributed by atoms with Crippen LogP contribution in [0.25, 0.3) is 0 Å². The Kier molecular flexibility index (Phi) is 4.05. The highest BCUT2D eigenvalue weighted by molar-refractivity contribution is 8.03. The molecule has 1 heterocycles. The van der Waals surface area contributed by atoms with E-state index >= 15 is 0 Å². The summed E-state index contributed by atoms with van der Waals surface area (Å²) in [5.41, 5.74) is 1.66. The largest absolute Gasteiger partial charge is 0.250 e. The average molecular weight is 233 g/mol. The Morgan fingerprint density at radius 2 is 2.25 bits per heavy atom. The number of aromatic nitrogens is 1. The molecule has 0 bridgehead atoms. The summed E-state index contributed by atoms with van der Waals surface area (Å²) in [4.78, 5) is 5.97. The summed E-state index contributed by atoms with van der Waals surface area (Å²) in [5, 5.41) is 1.14. The summed E-state index contributed by atoms with van der Waals surface area (Å²) in [6.45, 7) is 4.60. The van der Waals surface area contributed by atoms with Crippen molar-refractivity contribution in [3.63, 3.8) is 0 Å². The number of hydrogen-bond donors (Lipinski definition) is 0. The predicted octanol–water partition coefficient (Wildman–Crippen LogP) is 4.66. The zero-order valence-electron chi connectivity index (χ0n) is 10.1. The van der Waals surface area contributed by atoms with Crippen LogP contribution < -0.4 is 0 Å². The maximum atomic E-state index is 4.39. The van der Waals surface area contributed by atoms with E-state index in [1.54, 1.807) is 10.5 Å². The number of thioether (sulfide) groups is 1. The number of rotatable bonds is 5. The second-order valence-electron chi connectivity index (χ2n) is 4.51. The Labute approximate surface area is 102 Å². The molecule has 0 saturated heterocycles. The normalized spacial score (nSPS) is 16.0. The molecule has 1 saturated carbocycles. The first-order valence-electron chi connectivity index (χ1n) is 6.09. The lowest BCUT2D eigenvalue weighted by molar-refractivity contribution is 0.567. The molecule has 0 aliphatic heterocycles. The van der Waals surface area contributed by atoms with Crippen molar-refractivity contribution in [3.8, 4) is 0 Å². The summed E-state index contributed by atoms with van der Waals surface area (Å²) >= 11 is 1.87. The fourth-order valence-electron chi connectivity index (χ4n) is 1.59. The van der Waals surface area contributed by atoms with Crippen LogP contribution in [0.3, 0.4) is 0 Å². The summed E-state index contributed by atoms with van der Waals surface area (Å²) in [7, 11) is 0. The van der Waals surface area contributed by atoms with Gasteiger partial charge in [0.15, 0.2) is 0 Å². The molecule has 0 aromatic carbocycles. The van der Waals surface area contributed by atoms with Crippen LogP contribution in [0, 0.1) is 5.92 Å². The fraction of sp³-hybridized carbons (Fsp3) is 0.500. The van der Waals surface area contributed by atoms with Crippen LogP contribution in [-0.4, -0.2) is 4.98 Å². The minimum atomic E-state index is 0.791. The molecule has 0 spiro atoms. The third kappa shape index (κ3) is 3.38. The van der Waals surface area contributed by atoms with E-state index in [-0.39, 0.29) is 0 Å². The lowest BCUT2D eigenvalue weighted by Gasteiger charge is -2.11. The van der Waals surface area contributed by atoms with Gasteiger partial charge >= 0.3 is 0 Å². The van der Waals surface area contributed by atoms with Crippen molar-refractivity contribution in [1.82, 2.24) is 4.98 Å². The number of hydrogen-bond acceptors (Lipinski definition) is 2. The van der Waals surface area contributed by atoms with Gasteiger partial charge in [0.2, 0.25) is 0 Å². The Bertz CT molecular complexity index is 364. The van der Waals surface area contributed by atoms with Gasteiger partial charge in [-0.3, -0.25) is 0 Å². The van der Waals surface area contributed by atoms with Crippen molar-refractivity contribution in [3.05, 3.63) is 34.9 Å². The second-order valence-corrected chi connectivity index (χ2v) is 5.63. The van der Waals surface area contributed by atoms with Crippen LogP contribution in [0.15, 0.2) is 39.9 Å². The van der Waals surface area contributed by atoms with Gasteiger partial charge in [0.1, 0.15) is 5.03 Å². The van der Waals surface area contributed by atoms with Crippen LogP contribution >= 0.6 is 11.8 Å². The van der Waals surface area contributed by atoms with Crippen LogP contribution in [0.1, 0.15) is 39.5 Å². The van der Waals surface area contributed by atoms with Gasteiger partial charge in [-0.15, -0.1) is 0 Å². The molecule has 1 atom stereocenters. The number of nitrogens with zero attached hydrogens (tertiary/aromatic N) is 1. The standard InChI is InChI=1S/C14H19NS/c1-3-11(2)10-13(12-7-8-12)16-14-6-4-5-9-15-14/h4-6,9,11H,3,7-8,10H2,1-2H3/t11-/m0/s1. The molecule has 1 nitrogen and oxygen atoms in total. The molecule has 0 N–H and O–H groups in total. The summed E-state index contributed by atoms with van der Waals surface area (Å²) in [5.74, 6) is 0.791. The molecule has 1 fully saturated rings. The molecule has 2 rings (SSSR count). The molecule has 0 radical (unpaired) electrons. The molecular formula is C14H19NS. The van der Waals surface area contributed by atoms with Gasteiger partial charge in [0, 0.05) is 6.20 Å². The van der Waals surface area contributed by atoms with Gasteiger partial charge in [0.25, 0.3) is 0 Å². The first-order chi connectivity index (χ1) is 7.79. The van der Waals surface area contributed by atoms with Crippen LogP contribution in [0.2, 0.25) is 0 Å². The average Bonchev–Trinajstić information content (AvgIpc) is 3.13. The van der Waals surface area contributed by atoms with Crippen molar-refractivity contribution < 1.29 is 0 Å². The monoisotopic (exact) mass is 233 g/mol. The first kappa shape index (κ1) is 11.7. The van der Waals surface area contributed by atoms with E-state index in [2.05, 4.69) is 31.0 Å². The van der Waals surface area contributed by atoms with Gasteiger partial charge in [-0.25, -0.2) is 4.98 Å². The molecule has 86 valence electrons. The molecule has 0 amide bonds. The minimum Gasteiger partial charge on any atom is -0.250 e. The molecule has 2 heteroatoms. The van der Waals surface area contributed by atoms with E-state index in [0.29, 0.717) is 0 Å². The zero-order valence-corrected chi connectivity index (χ0v) is 10.9. The maximum Gasteiger partial charge on any atom is 0.100 e. The van der Waals surface area contributed by atoms with Gasteiger partial charge in [0.05, 0.1) is 0 Å². The lowest BCUT2D eigenvalue weighted by atomic mass is 10.0. The molecule has 1 aliphatic carbocycles. The van der Waals surface area contributed by atoms with E-state index < -0.39 is 0 Å². The van der Waals surface area contributed by atoms with Crippen LogP contribution in [0.4, 0.5) is 0 Å². The van der Waals surface area contributed by atoms with E-state index in [9.17, 15) is 0 Å². The van der Waals surface area contributed by atoms with Gasteiger partial charge in [-0.2, -0.15) is 0 Å². The zero-order chi connectivity index (χ0) is 11.4. The van der Waals surface area contributed by atoms with Crippen molar-refractivity contribution in [1.29, 1.82) is 0 Å². The highest BCUT2D eigenvalue weighted by Crippen LogP contribution is 2.42. The van der Waals surface area contributed by atoms with E-state index in [1.807, 2.05) is 24.0 Å². The summed E-state index contributed by atoms with van der Waals surface area (Å²) in [6.07, 6.45) is 6.99. The highest BCUT2D eigenvalue weighted by Gasteiger charge is 2.20. The van der Waals surface area contributed by atoms with Gasteiger partial charge in [-0.1, -0.05) is 43.7 Å². The van der Waals surface area contributed by atoms with E-state index in [1.165, 1.54) is 25.7 Å². The first-order valence-corrected chi connectivity index (χ1v) is 6.91. The van der Waals surface area contributed by atoms with Crippen molar-refractivity contribution in [2.24, 2.45) is 5.92 Å². The molecule has 1 aromatic heterocycles. The molecule has 0 unspecified atom stereocenters. The van der Waals surface area contributed by atoms with E-state index in [4.69, 9.17) is 0 Å². The van der Waals surface area contributed by atoms with Crippen molar-refractivity contribution in [2.75, 3.05) is 0 Å². The van der Waals surface area contributed by atoms with Gasteiger partial charge in [-0.05, 0) is 42.2 Å². The lowest BCUT2D eigenvalue weighted by Crippen LogP contribution is -1.93. The SMILES string of the molecule is CC[C@H](C)CC(Sc1ccccn1)=C1CC1.